The minimum Gasteiger partial charge on any atom is -0.550 e. The Morgan fingerprint density at radius 1 is 0.738 bits per heavy atom. The third kappa shape index (κ3) is 15.4. The predicted octanol–water partition coefficient (Wildman–Crippen LogP) is 3.70. The quantitative estimate of drug-likeness (QED) is 0.253. The minimum atomic E-state index is -4.55. The topological polar surface area (TPSA) is 145 Å². The molecule has 2 N–H and O–H groups in total. The molecule has 0 bridgehead atoms. The number of hydrogen-bond acceptors (Lipinski definition) is 8. The Morgan fingerprint density at radius 2 is 1.02 bits per heavy atom. The van der Waals surface area contributed by atoms with Gasteiger partial charge in [0.05, 0.1) is 11.1 Å². The summed E-state index contributed by atoms with van der Waals surface area (Å²) in [5.74, 6) is -2.70. The van der Waals surface area contributed by atoms with Crippen molar-refractivity contribution >= 4 is 24.4 Å². The Morgan fingerprint density at radius 3 is 1.26 bits per heavy atom. The summed E-state index contributed by atoms with van der Waals surface area (Å²) in [5.41, 5.74) is -1.55. The second kappa shape index (κ2) is 18.8. The molecule has 0 aliphatic rings. The zero-order chi connectivity index (χ0) is 32.0. The van der Waals surface area contributed by atoms with Gasteiger partial charge in [0.2, 0.25) is 0 Å². The van der Waals surface area contributed by atoms with Gasteiger partial charge < -0.3 is 30.0 Å². The molecule has 1 radical (unpaired) electrons. The SMILES string of the molecule is CC(=O)[O-].CC(=O)[O-].CCc1cc(C(F)(F)F)cc(C=NCCCN=Cc2cc(C(F)(F)F)cc(CC)c2O)c1O.[Co+2]. The molecule has 0 unspecified atom stereocenters. The number of carbonyl (C=O) groups excluding carboxylic acids is 2. The van der Waals surface area contributed by atoms with Gasteiger partial charge in [0, 0.05) is 48.6 Å². The molecule has 0 aliphatic carbocycles. The number of rotatable bonds is 8. The van der Waals surface area contributed by atoms with Gasteiger partial charge in [-0.1, -0.05) is 13.8 Å². The number of phenolic OH excluding ortho intramolecular Hbond substituents is 2. The van der Waals surface area contributed by atoms with Gasteiger partial charge >= 0.3 is 29.1 Å². The molecular formula is C27H30CoF6N2O6. The van der Waals surface area contributed by atoms with Crippen LogP contribution in [0.15, 0.2) is 34.3 Å². The van der Waals surface area contributed by atoms with E-state index in [1.54, 1.807) is 13.8 Å². The number of carbonyl (C=O) groups is 2. The summed E-state index contributed by atoms with van der Waals surface area (Å²) < 4.78 is 78.2. The van der Waals surface area contributed by atoms with Crippen LogP contribution in [-0.4, -0.2) is 47.7 Å². The van der Waals surface area contributed by atoms with Gasteiger partial charge in [-0.2, -0.15) is 26.3 Å². The van der Waals surface area contributed by atoms with E-state index in [1.807, 2.05) is 0 Å². The van der Waals surface area contributed by atoms with E-state index in [-0.39, 0.29) is 76.5 Å². The monoisotopic (exact) mass is 651 g/mol. The van der Waals surface area contributed by atoms with Crippen molar-refractivity contribution in [2.75, 3.05) is 13.1 Å². The van der Waals surface area contributed by atoms with Crippen LogP contribution in [0.2, 0.25) is 0 Å². The standard InChI is InChI=1S/C23H24F6N2O2.2C2H4O2.Co/c1-3-14-8-18(22(24,25)26)10-16(20(14)32)12-30-6-5-7-31-13-17-11-19(23(27,28)29)9-15(4-2)21(17)33;2*1-2(3)4;/h8-13,32-33H,3-7H2,1-2H3;2*1H3,(H,3,4);/q;;;+2/p-2. The number of aromatic hydroxyl groups is 2. The summed E-state index contributed by atoms with van der Waals surface area (Å²) in [6, 6.07) is 3.43. The first-order valence-electron chi connectivity index (χ1n) is 12.1. The van der Waals surface area contributed by atoms with Crippen molar-refractivity contribution in [3.05, 3.63) is 57.6 Å². The summed E-state index contributed by atoms with van der Waals surface area (Å²) in [6.07, 6.45) is -6.02. The van der Waals surface area contributed by atoms with Crippen LogP contribution in [0.1, 0.15) is 67.5 Å². The van der Waals surface area contributed by atoms with Crippen molar-refractivity contribution < 1.29 is 73.1 Å². The van der Waals surface area contributed by atoms with Crippen LogP contribution in [0.25, 0.3) is 0 Å². The number of carboxylic acid groups (broad SMARTS) is 2. The van der Waals surface area contributed by atoms with Crippen molar-refractivity contribution in [1.29, 1.82) is 0 Å². The fourth-order valence-corrected chi connectivity index (χ4v) is 3.08. The van der Waals surface area contributed by atoms with Gasteiger partial charge in [-0.3, -0.25) is 9.98 Å². The Bertz CT molecular complexity index is 1130. The molecule has 0 amide bonds. The third-order valence-electron chi connectivity index (χ3n) is 4.89. The van der Waals surface area contributed by atoms with Crippen LogP contribution >= 0.6 is 0 Å². The van der Waals surface area contributed by atoms with E-state index in [2.05, 4.69) is 9.98 Å². The number of nitrogens with zero attached hydrogens (tertiary/aromatic N) is 2. The Balaban J connectivity index is 0. The zero-order valence-corrected chi connectivity index (χ0v) is 24.1. The first kappa shape index (κ1) is 40.5. The van der Waals surface area contributed by atoms with Crippen molar-refractivity contribution in [1.82, 2.24) is 0 Å². The molecule has 235 valence electrons. The first-order valence-corrected chi connectivity index (χ1v) is 12.1. The third-order valence-corrected chi connectivity index (χ3v) is 4.89. The Labute approximate surface area is 249 Å². The van der Waals surface area contributed by atoms with E-state index in [1.165, 1.54) is 0 Å². The molecule has 2 rings (SSSR count). The molecule has 0 atom stereocenters. The molecule has 2 aromatic carbocycles. The second-order valence-corrected chi connectivity index (χ2v) is 8.26. The fourth-order valence-electron chi connectivity index (χ4n) is 3.08. The normalized spacial score (nSPS) is 11.3. The molecule has 15 heteroatoms. The van der Waals surface area contributed by atoms with E-state index in [4.69, 9.17) is 19.8 Å². The molecule has 0 aromatic heterocycles. The van der Waals surface area contributed by atoms with E-state index in [0.29, 0.717) is 6.42 Å². The number of benzene rings is 2. The van der Waals surface area contributed by atoms with Gasteiger partial charge in [0.25, 0.3) is 0 Å². The molecule has 0 heterocycles. The largest absolute Gasteiger partial charge is 2.00 e. The predicted molar refractivity (Wildman–Crippen MR) is 136 cm³/mol. The Hall–Kier alpha value is -3.59. The molecule has 2 aromatic rings. The van der Waals surface area contributed by atoms with Crippen LogP contribution in [0.5, 0.6) is 11.5 Å². The van der Waals surface area contributed by atoms with E-state index in [0.717, 1.165) is 50.5 Å². The number of carboxylic acids is 2. The number of hydrogen-bond donors (Lipinski definition) is 2. The molecule has 0 aliphatic heterocycles. The van der Waals surface area contributed by atoms with Gasteiger partial charge in [0.15, 0.2) is 0 Å². The van der Waals surface area contributed by atoms with Crippen molar-refractivity contribution in [2.24, 2.45) is 9.98 Å². The number of alkyl halides is 6. The second-order valence-electron chi connectivity index (χ2n) is 8.26. The van der Waals surface area contributed by atoms with Gasteiger partial charge in [-0.25, -0.2) is 0 Å². The summed E-state index contributed by atoms with van der Waals surface area (Å²) in [4.78, 5) is 25.8. The minimum absolute atomic E-state index is 0. The zero-order valence-electron chi connectivity index (χ0n) is 23.0. The smallest absolute Gasteiger partial charge is 0.550 e. The fraction of sp³-hybridized carbons (Fsp3) is 0.407. The van der Waals surface area contributed by atoms with Crippen LogP contribution < -0.4 is 10.2 Å². The maximum atomic E-state index is 13.0. The van der Waals surface area contributed by atoms with Gasteiger partial charge in [-0.05, 0) is 68.5 Å². The maximum Gasteiger partial charge on any atom is 2.00 e. The number of aryl methyl sites for hydroxylation is 2. The molecule has 0 saturated heterocycles. The Kier molecular flexibility index (Phi) is 18.1. The first-order chi connectivity index (χ1) is 18.8. The van der Waals surface area contributed by atoms with E-state index in [9.17, 15) is 36.6 Å². The molecule has 0 fully saturated rings. The molecule has 8 nitrogen and oxygen atoms in total. The summed E-state index contributed by atoms with van der Waals surface area (Å²) in [6.45, 7) is 5.53. The van der Waals surface area contributed by atoms with Gasteiger partial charge in [-0.15, -0.1) is 0 Å². The number of phenols is 2. The summed E-state index contributed by atoms with van der Waals surface area (Å²) in [7, 11) is 0. The maximum absolute atomic E-state index is 13.0. The van der Waals surface area contributed by atoms with E-state index < -0.39 is 35.4 Å². The molecular weight excluding hydrogens is 621 g/mol. The van der Waals surface area contributed by atoms with Crippen LogP contribution in [0, 0.1) is 0 Å². The van der Waals surface area contributed by atoms with Crippen molar-refractivity contribution in [3.8, 4) is 11.5 Å². The summed E-state index contributed by atoms with van der Waals surface area (Å²) >= 11 is 0. The molecule has 0 saturated carbocycles. The number of aliphatic imine (C=N–C) groups is 2. The van der Waals surface area contributed by atoms with Crippen LogP contribution in [0.4, 0.5) is 26.3 Å². The molecule has 0 spiro atoms. The average Bonchev–Trinajstić information content (AvgIpc) is 2.83. The number of aliphatic carboxylic acids is 2. The van der Waals surface area contributed by atoms with Gasteiger partial charge in [0.1, 0.15) is 11.5 Å². The van der Waals surface area contributed by atoms with E-state index >= 15 is 0 Å². The number of halogens is 6. The van der Waals surface area contributed by atoms with Crippen LogP contribution in [-0.2, 0) is 51.6 Å². The van der Waals surface area contributed by atoms with Crippen molar-refractivity contribution in [3.63, 3.8) is 0 Å². The van der Waals surface area contributed by atoms with Crippen molar-refractivity contribution in [2.45, 2.75) is 59.3 Å². The summed E-state index contributed by atoms with van der Waals surface area (Å²) in [5, 5.41) is 38.0. The average molecular weight is 651 g/mol. The van der Waals surface area contributed by atoms with Crippen LogP contribution in [0.3, 0.4) is 0 Å². The molecule has 42 heavy (non-hydrogen) atoms.